The van der Waals surface area contributed by atoms with Crippen molar-refractivity contribution in [3.05, 3.63) is 68.5 Å². The summed E-state index contributed by atoms with van der Waals surface area (Å²) in [4.78, 5) is 26.9. The first-order valence-corrected chi connectivity index (χ1v) is 9.10. The van der Waals surface area contributed by atoms with Crippen LogP contribution in [0.25, 0.3) is 0 Å². The van der Waals surface area contributed by atoms with Gasteiger partial charge < -0.3 is 4.57 Å². The van der Waals surface area contributed by atoms with E-state index < -0.39 is 0 Å². The quantitative estimate of drug-likeness (QED) is 0.859. The number of fused-ring (bicyclic) bond motifs is 1. The van der Waals surface area contributed by atoms with Crippen molar-refractivity contribution in [3.8, 4) is 0 Å². The number of hydrogen-bond donors (Lipinski definition) is 0. The standard InChI is InChI=1S/C20H25N3O2/c1-21-12-15(18(24)22(2)19(21)25)13-23-14-17-10-6-7-11-20(17,23)16-8-4-3-5-9-16/h3-5,8-9,12,17H,6-7,10-11,13-14H2,1-2H3. The Bertz CT molecular complexity index is 899. The number of hydrogen-bond acceptors (Lipinski definition) is 3. The third kappa shape index (κ3) is 2.41. The van der Waals surface area contributed by atoms with Crippen LogP contribution in [0.3, 0.4) is 0 Å². The largest absolute Gasteiger partial charge is 0.330 e. The van der Waals surface area contributed by atoms with Crippen LogP contribution in [-0.2, 0) is 26.2 Å². The van der Waals surface area contributed by atoms with Crippen molar-refractivity contribution in [1.29, 1.82) is 0 Å². The van der Waals surface area contributed by atoms with Gasteiger partial charge in [-0.25, -0.2) is 4.79 Å². The Balaban J connectivity index is 1.72. The molecular formula is C20H25N3O2. The molecule has 0 bridgehead atoms. The summed E-state index contributed by atoms with van der Waals surface area (Å²) < 4.78 is 2.72. The Labute approximate surface area is 147 Å². The van der Waals surface area contributed by atoms with Crippen LogP contribution in [0.4, 0.5) is 0 Å². The highest BCUT2D eigenvalue weighted by Gasteiger charge is 2.54. The Morgan fingerprint density at radius 3 is 2.60 bits per heavy atom. The molecule has 2 aliphatic rings. The van der Waals surface area contributed by atoms with Gasteiger partial charge in [0, 0.05) is 38.9 Å². The molecule has 1 aromatic carbocycles. The first-order valence-electron chi connectivity index (χ1n) is 9.10. The number of nitrogens with zero attached hydrogens (tertiary/aromatic N) is 3. The minimum atomic E-state index is -0.273. The van der Waals surface area contributed by atoms with Crippen molar-refractivity contribution >= 4 is 0 Å². The van der Waals surface area contributed by atoms with Gasteiger partial charge in [0.1, 0.15) is 0 Å². The van der Waals surface area contributed by atoms with Crippen LogP contribution >= 0.6 is 0 Å². The summed E-state index contributed by atoms with van der Waals surface area (Å²) in [5.74, 6) is 0.667. The predicted molar refractivity (Wildman–Crippen MR) is 97.4 cm³/mol. The molecule has 132 valence electrons. The number of rotatable bonds is 3. The van der Waals surface area contributed by atoms with Crippen molar-refractivity contribution in [3.63, 3.8) is 0 Å². The zero-order chi connectivity index (χ0) is 17.6. The highest BCUT2D eigenvalue weighted by atomic mass is 16.2. The highest BCUT2D eigenvalue weighted by molar-refractivity contribution is 5.30. The molecule has 1 aliphatic heterocycles. The lowest BCUT2D eigenvalue weighted by atomic mass is 9.61. The van der Waals surface area contributed by atoms with Crippen LogP contribution in [0.15, 0.2) is 46.1 Å². The van der Waals surface area contributed by atoms with E-state index in [9.17, 15) is 9.59 Å². The van der Waals surface area contributed by atoms with Gasteiger partial charge in [0.25, 0.3) is 5.56 Å². The van der Waals surface area contributed by atoms with E-state index in [4.69, 9.17) is 0 Å². The van der Waals surface area contributed by atoms with Gasteiger partial charge in [-0.3, -0.25) is 14.3 Å². The summed E-state index contributed by atoms with van der Waals surface area (Å²) >= 11 is 0. The fourth-order valence-corrected chi connectivity index (χ4v) is 4.90. The molecular weight excluding hydrogens is 314 g/mol. The van der Waals surface area contributed by atoms with Crippen LogP contribution in [-0.4, -0.2) is 20.6 Å². The van der Waals surface area contributed by atoms with E-state index in [2.05, 4.69) is 35.2 Å². The summed E-state index contributed by atoms with van der Waals surface area (Å²) in [7, 11) is 3.26. The molecule has 0 N–H and O–H groups in total. The zero-order valence-corrected chi connectivity index (χ0v) is 14.9. The third-order valence-electron chi connectivity index (χ3n) is 6.19. The smallest absolute Gasteiger partial charge is 0.303 e. The topological polar surface area (TPSA) is 47.2 Å². The molecule has 1 aromatic heterocycles. The van der Waals surface area contributed by atoms with E-state index in [1.807, 2.05) is 0 Å². The van der Waals surface area contributed by atoms with E-state index in [1.54, 1.807) is 20.3 Å². The Morgan fingerprint density at radius 2 is 1.88 bits per heavy atom. The first-order chi connectivity index (χ1) is 12.0. The number of benzene rings is 1. The monoisotopic (exact) mass is 339 g/mol. The molecule has 1 saturated heterocycles. The van der Waals surface area contributed by atoms with Crippen LogP contribution in [0.2, 0.25) is 0 Å². The van der Waals surface area contributed by atoms with Crippen LogP contribution in [0.1, 0.15) is 36.8 Å². The van der Waals surface area contributed by atoms with Crippen molar-refractivity contribution in [2.24, 2.45) is 20.0 Å². The van der Waals surface area contributed by atoms with Gasteiger partial charge in [0.2, 0.25) is 0 Å². The Kier molecular flexibility index (Phi) is 3.91. The fourth-order valence-electron chi connectivity index (χ4n) is 4.90. The Morgan fingerprint density at radius 1 is 1.12 bits per heavy atom. The molecule has 2 aromatic rings. The van der Waals surface area contributed by atoms with Crippen molar-refractivity contribution < 1.29 is 0 Å². The van der Waals surface area contributed by atoms with Gasteiger partial charge in [-0.15, -0.1) is 0 Å². The van der Waals surface area contributed by atoms with Gasteiger partial charge >= 0.3 is 5.69 Å². The molecule has 2 fully saturated rings. The van der Waals surface area contributed by atoms with E-state index in [1.165, 1.54) is 34.0 Å². The SMILES string of the molecule is Cn1cc(CN2CC3CCCCC32c2ccccc2)c(=O)n(C)c1=O. The molecule has 2 unspecified atom stereocenters. The van der Waals surface area contributed by atoms with E-state index in [0.29, 0.717) is 18.0 Å². The lowest BCUT2D eigenvalue weighted by Crippen LogP contribution is -2.65. The molecule has 5 nitrogen and oxygen atoms in total. The molecule has 4 rings (SSSR count). The third-order valence-corrected chi connectivity index (χ3v) is 6.19. The minimum absolute atomic E-state index is 0.0548. The van der Waals surface area contributed by atoms with Gasteiger partial charge in [-0.05, 0) is 24.3 Å². The van der Waals surface area contributed by atoms with E-state index >= 15 is 0 Å². The number of aromatic nitrogens is 2. The molecule has 2 atom stereocenters. The normalized spacial score (nSPS) is 26.1. The highest BCUT2D eigenvalue weighted by Crippen LogP contribution is 2.54. The van der Waals surface area contributed by atoms with Crippen molar-refractivity contribution in [1.82, 2.24) is 14.0 Å². The molecule has 1 saturated carbocycles. The second-order valence-corrected chi connectivity index (χ2v) is 7.53. The molecule has 1 aliphatic carbocycles. The van der Waals surface area contributed by atoms with E-state index in [0.717, 1.165) is 13.0 Å². The summed E-state index contributed by atoms with van der Waals surface area (Å²) in [6.07, 6.45) is 6.64. The minimum Gasteiger partial charge on any atom is -0.303 e. The van der Waals surface area contributed by atoms with Gasteiger partial charge in [0.15, 0.2) is 0 Å². The van der Waals surface area contributed by atoms with Gasteiger partial charge in [-0.1, -0.05) is 43.2 Å². The summed E-state index contributed by atoms with van der Waals surface area (Å²) in [6, 6.07) is 10.7. The first kappa shape index (κ1) is 16.3. The van der Waals surface area contributed by atoms with Crippen molar-refractivity contribution in [2.45, 2.75) is 37.8 Å². The second kappa shape index (κ2) is 5.99. The second-order valence-electron chi connectivity index (χ2n) is 7.53. The zero-order valence-electron chi connectivity index (χ0n) is 14.9. The van der Waals surface area contributed by atoms with Crippen LogP contribution in [0.5, 0.6) is 0 Å². The summed E-state index contributed by atoms with van der Waals surface area (Å²) in [6.45, 7) is 1.63. The lowest BCUT2D eigenvalue weighted by molar-refractivity contribution is -0.121. The summed E-state index contributed by atoms with van der Waals surface area (Å²) in [5.41, 5.74) is 1.67. The maximum Gasteiger partial charge on any atom is 0.330 e. The van der Waals surface area contributed by atoms with Crippen LogP contribution in [0, 0.1) is 5.92 Å². The maximum atomic E-state index is 12.5. The molecule has 5 heteroatoms. The molecule has 2 heterocycles. The molecule has 25 heavy (non-hydrogen) atoms. The Hall–Kier alpha value is -2.14. The predicted octanol–water partition coefficient (Wildman–Crippen LogP) is 1.99. The number of aryl methyl sites for hydroxylation is 1. The maximum absolute atomic E-state index is 12.5. The average molecular weight is 339 g/mol. The van der Waals surface area contributed by atoms with Crippen molar-refractivity contribution in [2.75, 3.05) is 6.54 Å². The molecule has 0 spiro atoms. The van der Waals surface area contributed by atoms with E-state index in [-0.39, 0.29) is 16.8 Å². The average Bonchev–Trinajstić information content (AvgIpc) is 2.62. The fraction of sp³-hybridized carbons (Fsp3) is 0.500. The lowest BCUT2D eigenvalue weighted by Gasteiger charge is -2.62. The van der Waals surface area contributed by atoms with Gasteiger partial charge in [-0.2, -0.15) is 0 Å². The molecule has 0 radical (unpaired) electrons. The van der Waals surface area contributed by atoms with Gasteiger partial charge in [0.05, 0.1) is 5.54 Å². The number of likely N-dealkylation sites (tertiary alicyclic amines) is 1. The molecule has 0 amide bonds. The summed E-state index contributed by atoms with van der Waals surface area (Å²) in [5, 5.41) is 0. The van der Waals surface area contributed by atoms with Crippen LogP contribution < -0.4 is 11.2 Å².